The summed E-state index contributed by atoms with van der Waals surface area (Å²) >= 11 is 5.24. The first-order valence-corrected chi connectivity index (χ1v) is 6.15. The van der Waals surface area contributed by atoms with Crippen molar-refractivity contribution in [1.29, 1.82) is 0 Å². The average molecular weight is 266 g/mol. The molecule has 1 aromatic carbocycles. The van der Waals surface area contributed by atoms with Gasteiger partial charge in [-0.1, -0.05) is 18.2 Å². The highest BCUT2D eigenvalue weighted by Gasteiger charge is 2.35. The van der Waals surface area contributed by atoms with Crippen molar-refractivity contribution in [3.63, 3.8) is 0 Å². The van der Waals surface area contributed by atoms with Crippen LogP contribution < -0.4 is 16.2 Å². The number of rotatable bonds is 1. The summed E-state index contributed by atoms with van der Waals surface area (Å²) in [4.78, 5) is 13.3. The number of quaternary nitrogens is 1. The van der Waals surface area contributed by atoms with Gasteiger partial charge >= 0.3 is 5.97 Å². The van der Waals surface area contributed by atoms with Gasteiger partial charge in [0.05, 0.1) is 5.92 Å². The van der Waals surface area contributed by atoms with E-state index in [9.17, 15) is 9.90 Å². The maximum atomic E-state index is 11.3. The van der Waals surface area contributed by atoms with Crippen LogP contribution in [0.2, 0.25) is 0 Å². The lowest BCUT2D eigenvalue weighted by Crippen LogP contribution is -2.71. The van der Waals surface area contributed by atoms with Crippen LogP contribution in [0, 0.1) is 0 Å². The van der Waals surface area contributed by atoms with Gasteiger partial charge in [0.1, 0.15) is 0 Å². The van der Waals surface area contributed by atoms with Crippen molar-refractivity contribution < 1.29 is 15.7 Å². The largest absolute Gasteiger partial charge is 0.481 e. The number of hydrogen-bond acceptors (Lipinski definition) is 2. The summed E-state index contributed by atoms with van der Waals surface area (Å²) in [6.07, 6.45) is 0.536. The quantitative estimate of drug-likeness (QED) is 0.509. The predicted octanol–water partition coefficient (Wildman–Crippen LogP) is 0.485. The second-order valence-electron chi connectivity index (χ2n) is 4.39. The summed E-state index contributed by atoms with van der Waals surface area (Å²) in [5.74, 6) is 2.31. The molecule has 0 bridgehead atoms. The van der Waals surface area contributed by atoms with Gasteiger partial charge in [0, 0.05) is 11.7 Å². The second kappa shape index (κ2) is 4.91. The molecule has 0 fully saturated rings. The van der Waals surface area contributed by atoms with Gasteiger partial charge in [0.2, 0.25) is 5.11 Å². The van der Waals surface area contributed by atoms with Crippen LogP contribution in [0.5, 0.6) is 0 Å². The van der Waals surface area contributed by atoms with E-state index in [1.807, 2.05) is 36.1 Å². The Hall–Kier alpha value is -1.66. The molecule has 0 amide bonds. The Morgan fingerprint density at radius 2 is 2.22 bits per heavy atom. The fourth-order valence-electron chi connectivity index (χ4n) is 2.44. The van der Waals surface area contributed by atoms with Gasteiger partial charge in [-0.15, -0.1) is 0 Å². The fraction of sp³-hybridized carbons (Fsp3) is 0.333. The summed E-state index contributed by atoms with van der Waals surface area (Å²) < 4.78 is 0. The molecule has 6 heteroatoms. The molecule has 2 rings (SSSR count). The summed E-state index contributed by atoms with van der Waals surface area (Å²) in [6, 6.07) is 7.50. The maximum absolute atomic E-state index is 11.3. The van der Waals surface area contributed by atoms with E-state index in [0.29, 0.717) is 11.5 Å². The third kappa shape index (κ3) is 2.04. The van der Waals surface area contributed by atoms with Gasteiger partial charge in [-0.25, -0.2) is 5.43 Å². The second-order valence-corrected chi connectivity index (χ2v) is 4.77. The Kier molecular flexibility index (Phi) is 3.49. The summed E-state index contributed by atoms with van der Waals surface area (Å²) in [5, 5.41) is 9.82. The molecule has 1 aromatic rings. The van der Waals surface area contributed by atoms with E-state index in [1.54, 1.807) is 0 Å². The molecule has 18 heavy (non-hydrogen) atoms. The van der Waals surface area contributed by atoms with Crippen molar-refractivity contribution in [2.24, 2.45) is 0 Å². The van der Waals surface area contributed by atoms with E-state index in [2.05, 4.69) is 11.3 Å². The zero-order valence-corrected chi connectivity index (χ0v) is 10.9. The smallest absolute Gasteiger partial charge is 0.311 e. The number of nitrogens with one attached hydrogen (secondary N) is 1. The van der Waals surface area contributed by atoms with Gasteiger partial charge in [-0.05, 0) is 37.2 Å². The number of para-hydroxylation sites is 1. The highest BCUT2D eigenvalue weighted by molar-refractivity contribution is 7.80. The molecule has 0 aliphatic carbocycles. The molecule has 1 heterocycles. The summed E-state index contributed by atoms with van der Waals surface area (Å²) in [5.41, 5.74) is 4.37. The van der Waals surface area contributed by atoms with Crippen LogP contribution in [0.4, 0.5) is 5.69 Å². The van der Waals surface area contributed by atoms with Crippen LogP contribution in [-0.2, 0) is 4.79 Å². The molecule has 1 aliphatic heterocycles. The molecular formula is C12H16N3O2S+. The van der Waals surface area contributed by atoms with Crippen LogP contribution in [0.15, 0.2) is 24.3 Å². The summed E-state index contributed by atoms with van der Waals surface area (Å²) in [6.45, 7) is 1.97. The predicted molar refractivity (Wildman–Crippen MR) is 72.0 cm³/mol. The number of nitrogens with zero attached hydrogens (tertiary/aromatic N) is 1. The maximum Gasteiger partial charge on any atom is 0.311 e. The standard InChI is InChI=1S/C12H15N3O2S/c1-7-6-9(11(16)17)8-4-2-3-5-10(8)15(7)12(18)14-13/h2-5,7,9H,6,13H2,1H3,(H,14,18)(H,16,17)/p+1. The number of anilines is 1. The zero-order chi connectivity index (χ0) is 13.3. The molecule has 2 unspecified atom stereocenters. The van der Waals surface area contributed by atoms with Gasteiger partial charge in [-0.2, -0.15) is 0 Å². The normalized spacial score (nSPS) is 22.2. The van der Waals surface area contributed by atoms with Crippen molar-refractivity contribution in [3.05, 3.63) is 29.8 Å². The number of fused-ring (bicyclic) bond motifs is 1. The van der Waals surface area contributed by atoms with E-state index in [4.69, 9.17) is 12.2 Å². The van der Waals surface area contributed by atoms with Crippen LogP contribution in [0.1, 0.15) is 24.8 Å². The van der Waals surface area contributed by atoms with Crippen molar-refractivity contribution in [3.8, 4) is 0 Å². The van der Waals surface area contributed by atoms with Crippen molar-refractivity contribution in [2.75, 3.05) is 4.90 Å². The minimum absolute atomic E-state index is 0.0303. The molecular weight excluding hydrogens is 250 g/mol. The lowest BCUT2D eigenvalue weighted by molar-refractivity contribution is -0.418. The molecule has 0 saturated carbocycles. The SMILES string of the molecule is CC1CC(C(=O)O)c2ccccc2N1C(=S)N[NH3+]. The molecule has 0 radical (unpaired) electrons. The van der Waals surface area contributed by atoms with Crippen molar-refractivity contribution >= 4 is 29.0 Å². The van der Waals surface area contributed by atoms with E-state index in [1.165, 1.54) is 0 Å². The van der Waals surface area contributed by atoms with Crippen molar-refractivity contribution in [1.82, 2.24) is 5.43 Å². The third-order valence-electron chi connectivity index (χ3n) is 3.26. The van der Waals surface area contributed by atoms with Crippen molar-refractivity contribution in [2.45, 2.75) is 25.3 Å². The van der Waals surface area contributed by atoms with Crippen LogP contribution in [0.25, 0.3) is 0 Å². The minimum Gasteiger partial charge on any atom is -0.481 e. The van der Waals surface area contributed by atoms with Gasteiger partial charge < -0.3 is 10.0 Å². The van der Waals surface area contributed by atoms with Crippen LogP contribution in [-0.4, -0.2) is 22.2 Å². The lowest BCUT2D eigenvalue weighted by atomic mass is 9.86. The first-order valence-electron chi connectivity index (χ1n) is 5.74. The minimum atomic E-state index is -0.789. The Labute approximate surface area is 111 Å². The fourth-order valence-corrected chi connectivity index (χ4v) is 2.72. The van der Waals surface area contributed by atoms with Gasteiger partial charge in [0.25, 0.3) is 0 Å². The van der Waals surface area contributed by atoms with Gasteiger partial charge in [0.15, 0.2) is 0 Å². The zero-order valence-electron chi connectivity index (χ0n) is 10.1. The monoisotopic (exact) mass is 266 g/mol. The molecule has 5 nitrogen and oxygen atoms in total. The van der Waals surface area contributed by atoms with E-state index < -0.39 is 11.9 Å². The average Bonchev–Trinajstić information content (AvgIpc) is 2.36. The topological polar surface area (TPSA) is 80.2 Å². The first kappa shape index (κ1) is 12.8. The highest BCUT2D eigenvalue weighted by Crippen LogP contribution is 2.38. The number of hydrogen-bond donors (Lipinski definition) is 3. The Morgan fingerprint density at radius 1 is 1.56 bits per heavy atom. The Morgan fingerprint density at radius 3 is 2.83 bits per heavy atom. The molecule has 1 aliphatic rings. The highest BCUT2D eigenvalue weighted by atomic mass is 32.1. The number of thiocarbonyl (C=S) groups is 1. The molecule has 96 valence electrons. The number of carboxylic acid groups (broad SMARTS) is 1. The third-order valence-corrected chi connectivity index (χ3v) is 3.60. The van der Waals surface area contributed by atoms with E-state index in [0.717, 1.165) is 11.3 Å². The molecule has 2 atom stereocenters. The molecule has 5 N–H and O–H groups in total. The molecule has 0 spiro atoms. The number of aliphatic carboxylic acids is 1. The molecule has 0 saturated heterocycles. The first-order chi connectivity index (χ1) is 8.56. The Bertz CT molecular complexity index is 492. The number of benzene rings is 1. The number of carbonyl (C=O) groups is 1. The number of carboxylic acids is 1. The summed E-state index contributed by atoms with van der Waals surface area (Å²) in [7, 11) is 0. The van der Waals surface area contributed by atoms with E-state index >= 15 is 0 Å². The molecule has 0 aromatic heterocycles. The van der Waals surface area contributed by atoms with Gasteiger partial charge in [-0.3, -0.25) is 10.6 Å². The Balaban J connectivity index is 2.51. The lowest BCUT2D eigenvalue weighted by Gasteiger charge is -2.38. The van der Waals surface area contributed by atoms with E-state index in [-0.39, 0.29) is 6.04 Å². The van der Waals surface area contributed by atoms with Crippen LogP contribution in [0.3, 0.4) is 0 Å². The van der Waals surface area contributed by atoms with Crippen LogP contribution >= 0.6 is 12.2 Å².